The summed E-state index contributed by atoms with van der Waals surface area (Å²) in [5, 5.41) is 8.88. The third kappa shape index (κ3) is 3.71. The van der Waals surface area contributed by atoms with E-state index in [0.29, 0.717) is 13.1 Å². The van der Waals surface area contributed by atoms with Gasteiger partial charge in [0.25, 0.3) is 5.56 Å². The van der Waals surface area contributed by atoms with Crippen molar-refractivity contribution >= 4 is 16.6 Å². The average Bonchev–Trinajstić information content (AvgIpc) is 2.75. The topological polar surface area (TPSA) is 69.0 Å². The Bertz CT molecular complexity index is 1160. The van der Waals surface area contributed by atoms with Crippen molar-refractivity contribution < 1.29 is 4.74 Å². The lowest BCUT2D eigenvalue weighted by atomic mass is 10.1. The Morgan fingerprint density at radius 1 is 1.04 bits per heavy atom. The molecular formula is C22H20N4O2. The first-order valence-corrected chi connectivity index (χ1v) is 9.05. The van der Waals surface area contributed by atoms with Crippen LogP contribution in [0.4, 0.5) is 5.69 Å². The summed E-state index contributed by atoms with van der Waals surface area (Å²) in [6.45, 7) is 1.02. The maximum atomic E-state index is 12.2. The van der Waals surface area contributed by atoms with Gasteiger partial charge in [0.2, 0.25) is 0 Å². The van der Waals surface area contributed by atoms with E-state index in [-0.39, 0.29) is 5.56 Å². The molecule has 0 atom stereocenters. The molecule has 0 bridgehead atoms. The standard InChI is InChI=1S/C22H20N4O2/c1-28-17-7-8-18-20(11-12-23-21(18)15-17)24-13-14-26-22(27)10-9-19(25-26)16-5-3-2-4-6-16/h2-12,15H,13-14H2,1H3,(H,23,24). The molecule has 4 aromatic rings. The minimum Gasteiger partial charge on any atom is -0.497 e. The van der Waals surface area contributed by atoms with Gasteiger partial charge in [-0.2, -0.15) is 5.10 Å². The Kier molecular flexibility index (Phi) is 5.01. The van der Waals surface area contributed by atoms with Crippen LogP contribution in [0.25, 0.3) is 22.2 Å². The summed E-state index contributed by atoms with van der Waals surface area (Å²) in [5.74, 6) is 0.769. The maximum absolute atomic E-state index is 12.2. The molecule has 6 nitrogen and oxygen atoms in total. The van der Waals surface area contributed by atoms with Gasteiger partial charge < -0.3 is 10.1 Å². The molecule has 0 saturated heterocycles. The molecule has 0 aliphatic carbocycles. The molecule has 1 N–H and O–H groups in total. The van der Waals surface area contributed by atoms with Crippen molar-refractivity contribution in [2.75, 3.05) is 19.0 Å². The number of anilines is 1. The number of hydrogen-bond acceptors (Lipinski definition) is 5. The first kappa shape index (κ1) is 17.7. The Morgan fingerprint density at radius 2 is 1.89 bits per heavy atom. The number of aromatic nitrogens is 3. The lowest BCUT2D eigenvalue weighted by molar-refractivity contribution is 0.415. The molecule has 0 radical (unpaired) electrons. The van der Waals surface area contributed by atoms with Gasteiger partial charge in [-0.05, 0) is 24.3 Å². The molecule has 0 aliphatic rings. The molecule has 0 amide bonds. The summed E-state index contributed by atoms with van der Waals surface area (Å²) < 4.78 is 6.74. The predicted molar refractivity (Wildman–Crippen MR) is 111 cm³/mol. The van der Waals surface area contributed by atoms with Crippen LogP contribution in [0.2, 0.25) is 0 Å². The van der Waals surface area contributed by atoms with Crippen LogP contribution in [0.5, 0.6) is 5.75 Å². The highest BCUT2D eigenvalue weighted by molar-refractivity contribution is 5.91. The van der Waals surface area contributed by atoms with Gasteiger partial charge in [-0.3, -0.25) is 9.78 Å². The van der Waals surface area contributed by atoms with Crippen molar-refractivity contribution in [1.82, 2.24) is 14.8 Å². The van der Waals surface area contributed by atoms with Crippen molar-refractivity contribution in [2.24, 2.45) is 0 Å². The maximum Gasteiger partial charge on any atom is 0.266 e. The molecule has 2 aromatic heterocycles. The van der Waals surface area contributed by atoms with E-state index in [1.807, 2.05) is 54.6 Å². The lowest BCUT2D eigenvalue weighted by Gasteiger charge is -2.11. The van der Waals surface area contributed by atoms with Crippen LogP contribution >= 0.6 is 0 Å². The number of hydrogen-bond donors (Lipinski definition) is 1. The molecule has 0 fully saturated rings. The molecule has 28 heavy (non-hydrogen) atoms. The summed E-state index contributed by atoms with van der Waals surface area (Å²) in [5.41, 5.74) is 3.45. The highest BCUT2D eigenvalue weighted by Gasteiger charge is 2.05. The fourth-order valence-electron chi connectivity index (χ4n) is 3.08. The Labute approximate surface area is 162 Å². The van der Waals surface area contributed by atoms with Crippen molar-refractivity contribution in [2.45, 2.75) is 6.54 Å². The van der Waals surface area contributed by atoms with Gasteiger partial charge in [0.05, 0.1) is 24.9 Å². The molecule has 0 saturated carbocycles. The van der Waals surface area contributed by atoms with E-state index in [9.17, 15) is 4.79 Å². The van der Waals surface area contributed by atoms with E-state index in [2.05, 4.69) is 15.4 Å². The molecule has 0 unspecified atom stereocenters. The third-order valence-corrected chi connectivity index (χ3v) is 4.53. The van der Waals surface area contributed by atoms with Gasteiger partial charge in [-0.1, -0.05) is 30.3 Å². The van der Waals surface area contributed by atoms with Crippen LogP contribution in [0, 0.1) is 0 Å². The fraction of sp³-hybridized carbons (Fsp3) is 0.136. The number of fused-ring (bicyclic) bond motifs is 1. The zero-order chi connectivity index (χ0) is 19.3. The first-order valence-electron chi connectivity index (χ1n) is 9.05. The molecule has 0 aliphatic heterocycles. The van der Waals surface area contributed by atoms with E-state index >= 15 is 0 Å². The van der Waals surface area contributed by atoms with Crippen LogP contribution in [0.1, 0.15) is 0 Å². The molecule has 6 heteroatoms. The monoisotopic (exact) mass is 372 g/mol. The minimum atomic E-state index is -0.120. The molecular weight excluding hydrogens is 352 g/mol. The number of rotatable bonds is 6. The van der Waals surface area contributed by atoms with Gasteiger partial charge in [0.15, 0.2) is 0 Å². The minimum absolute atomic E-state index is 0.120. The summed E-state index contributed by atoms with van der Waals surface area (Å²) in [6, 6.07) is 20.8. The average molecular weight is 372 g/mol. The quantitative estimate of drug-likeness (QED) is 0.560. The van der Waals surface area contributed by atoms with Gasteiger partial charge in [-0.25, -0.2) is 4.68 Å². The van der Waals surface area contributed by atoms with Crippen molar-refractivity contribution in [3.63, 3.8) is 0 Å². The normalized spacial score (nSPS) is 10.8. The molecule has 2 heterocycles. The number of ether oxygens (including phenoxy) is 1. The highest BCUT2D eigenvalue weighted by atomic mass is 16.5. The van der Waals surface area contributed by atoms with Gasteiger partial charge in [0.1, 0.15) is 5.75 Å². The third-order valence-electron chi connectivity index (χ3n) is 4.53. The molecule has 4 rings (SSSR count). The Morgan fingerprint density at radius 3 is 2.71 bits per heavy atom. The fourth-order valence-corrected chi connectivity index (χ4v) is 3.08. The van der Waals surface area contributed by atoms with E-state index < -0.39 is 0 Å². The van der Waals surface area contributed by atoms with Crippen LogP contribution < -0.4 is 15.6 Å². The van der Waals surface area contributed by atoms with Crippen molar-refractivity contribution in [1.29, 1.82) is 0 Å². The van der Waals surface area contributed by atoms with Crippen LogP contribution in [-0.2, 0) is 6.54 Å². The lowest BCUT2D eigenvalue weighted by Crippen LogP contribution is -2.25. The number of benzene rings is 2. The van der Waals surface area contributed by atoms with E-state index in [4.69, 9.17) is 4.74 Å². The van der Waals surface area contributed by atoms with E-state index in [0.717, 1.165) is 33.6 Å². The first-order chi connectivity index (χ1) is 13.7. The Hall–Kier alpha value is -3.67. The Balaban J connectivity index is 1.51. The van der Waals surface area contributed by atoms with E-state index in [1.165, 1.54) is 4.68 Å². The van der Waals surface area contributed by atoms with E-state index in [1.54, 1.807) is 25.4 Å². The molecule has 140 valence electrons. The van der Waals surface area contributed by atoms with Crippen LogP contribution in [-0.4, -0.2) is 28.4 Å². The second-order valence-electron chi connectivity index (χ2n) is 6.31. The summed E-state index contributed by atoms with van der Waals surface area (Å²) in [6.07, 6.45) is 1.75. The number of methoxy groups -OCH3 is 1. The summed E-state index contributed by atoms with van der Waals surface area (Å²) in [7, 11) is 1.64. The SMILES string of the molecule is COc1ccc2c(NCCn3nc(-c4ccccc4)ccc3=O)ccnc2c1. The van der Waals surface area contributed by atoms with Crippen LogP contribution in [0.3, 0.4) is 0 Å². The highest BCUT2D eigenvalue weighted by Crippen LogP contribution is 2.25. The zero-order valence-corrected chi connectivity index (χ0v) is 15.5. The summed E-state index contributed by atoms with van der Waals surface area (Å²) in [4.78, 5) is 16.6. The van der Waals surface area contributed by atoms with Crippen LogP contribution in [0.15, 0.2) is 77.7 Å². The summed E-state index contributed by atoms with van der Waals surface area (Å²) >= 11 is 0. The smallest absolute Gasteiger partial charge is 0.266 e. The largest absolute Gasteiger partial charge is 0.497 e. The van der Waals surface area contributed by atoms with Gasteiger partial charge in [0, 0.05) is 41.5 Å². The molecule has 2 aromatic carbocycles. The van der Waals surface area contributed by atoms with Gasteiger partial charge >= 0.3 is 0 Å². The van der Waals surface area contributed by atoms with Crippen molar-refractivity contribution in [3.8, 4) is 17.0 Å². The second kappa shape index (κ2) is 7.92. The second-order valence-corrected chi connectivity index (χ2v) is 6.31. The zero-order valence-electron chi connectivity index (χ0n) is 15.5. The van der Waals surface area contributed by atoms with Gasteiger partial charge in [-0.15, -0.1) is 0 Å². The number of pyridine rings is 1. The van der Waals surface area contributed by atoms with Crippen molar-refractivity contribution in [3.05, 3.63) is 83.3 Å². The predicted octanol–water partition coefficient (Wildman–Crippen LogP) is 3.58. The number of nitrogens with one attached hydrogen (secondary N) is 1. The number of nitrogens with zero attached hydrogens (tertiary/aromatic N) is 3. The molecule has 0 spiro atoms.